The van der Waals surface area contributed by atoms with Crippen LogP contribution in [0.1, 0.15) is 0 Å². The molecule has 9 heteroatoms. The van der Waals surface area contributed by atoms with Gasteiger partial charge in [0.15, 0.2) is 0 Å². The van der Waals surface area contributed by atoms with E-state index in [4.69, 9.17) is 0 Å². The Kier molecular flexibility index (Phi) is 2.95. The van der Waals surface area contributed by atoms with Crippen LogP contribution in [-0.2, 0) is 10.0 Å². The van der Waals surface area contributed by atoms with Gasteiger partial charge in [-0.15, -0.1) is 0 Å². The van der Waals surface area contributed by atoms with Crippen molar-refractivity contribution in [2.24, 2.45) is 0 Å². The molecule has 0 amide bonds. The van der Waals surface area contributed by atoms with E-state index >= 15 is 0 Å². The van der Waals surface area contributed by atoms with E-state index in [0.29, 0.717) is 11.4 Å². The summed E-state index contributed by atoms with van der Waals surface area (Å²) in [6, 6.07) is 6.90. The number of aromatic amines is 1. The van der Waals surface area contributed by atoms with Gasteiger partial charge in [0, 0.05) is 6.20 Å². The number of H-pyrrole nitrogens is 1. The van der Waals surface area contributed by atoms with Crippen LogP contribution < -0.4 is 4.72 Å². The van der Waals surface area contributed by atoms with Crippen LogP contribution >= 0.6 is 0 Å². The van der Waals surface area contributed by atoms with Crippen LogP contribution in [0.3, 0.4) is 0 Å². The monoisotopic (exact) mass is 290 g/mol. The van der Waals surface area contributed by atoms with Crippen molar-refractivity contribution < 1.29 is 8.42 Å². The van der Waals surface area contributed by atoms with E-state index in [1.165, 1.54) is 29.7 Å². The lowest BCUT2D eigenvalue weighted by Gasteiger charge is -2.11. The molecule has 0 radical (unpaired) electrons. The molecule has 0 aliphatic heterocycles. The number of anilines is 1. The summed E-state index contributed by atoms with van der Waals surface area (Å²) in [4.78, 5) is 3.91. The number of aromatic nitrogens is 5. The summed E-state index contributed by atoms with van der Waals surface area (Å²) in [7, 11) is -3.69. The highest BCUT2D eigenvalue weighted by molar-refractivity contribution is 7.92. The molecule has 0 bridgehead atoms. The highest BCUT2D eigenvalue weighted by Crippen LogP contribution is 2.22. The Hall–Kier alpha value is -2.68. The molecule has 2 N–H and O–H groups in total. The first-order valence-electron chi connectivity index (χ1n) is 5.62. The van der Waals surface area contributed by atoms with Gasteiger partial charge in [0.05, 0.1) is 17.6 Å². The van der Waals surface area contributed by atoms with E-state index in [1.54, 1.807) is 24.3 Å². The summed E-state index contributed by atoms with van der Waals surface area (Å²) in [5, 5.41) is 10.1. The molecule has 1 aromatic carbocycles. The normalized spacial score (nSPS) is 11.4. The zero-order valence-electron chi connectivity index (χ0n) is 10.1. The summed E-state index contributed by atoms with van der Waals surface area (Å²) in [6.07, 6.45) is 5.41. The van der Waals surface area contributed by atoms with Gasteiger partial charge >= 0.3 is 0 Å². The van der Waals surface area contributed by atoms with Crippen molar-refractivity contribution >= 4 is 15.7 Å². The average Bonchev–Trinajstić information content (AvgIpc) is 3.13. The van der Waals surface area contributed by atoms with Crippen molar-refractivity contribution in [2.75, 3.05) is 4.72 Å². The number of benzene rings is 1. The molecule has 0 aliphatic carbocycles. The van der Waals surface area contributed by atoms with Gasteiger partial charge in [-0.1, -0.05) is 12.1 Å². The second-order valence-corrected chi connectivity index (χ2v) is 5.58. The highest BCUT2D eigenvalue weighted by Gasteiger charge is 2.17. The van der Waals surface area contributed by atoms with Crippen molar-refractivity contribution in [3.63, 3.8) is 0 Å². The minimum Gasteiger partial charge on any atom is -0.284 e. The Bertz CT molecular complexity index is 795. The smallest absolute Gasteiger partial charge is 0.265 e. The minimum atomic E-state index is -3.69. The third-order valence-corrected chi connectivity index (χ3v) is 3.93. The molecule has 3 aromatic rings. The van der Waals surface area contributed by atoms with Gasteiger partial charge in [-0.3, -0.25) is 9.82 Å². The number of para-hydroxylation sites is 2. The summed E-state index contributed by atoms with van der Waals surface area (Å²) < 4.78 is 28.3. The first kappa shape index (κ1) is 12.4. The van der Waals surface area contributed by atoms with Gasteiger partial charge in [0.2, 0.25) is 0 Å². The molecule has 0 saturated heterocycles. The van der Waals surface area contributed by atoms with E-state index in [-0.39, 0.29) is 4.90 Å². The van der Waals surface area contributed by atoms with E-state index in [1.807, 2.05) is 0 Å². The Balaban J connectivity index is 2.00. The second kappa shape index (κ2) is 4.78. The van der Waals surface area contributed by atoms with Gasteiger partial charge in [-0.05, 0) is 12.1 Å². The highest BCUT2D eigenvalue weighted by atomic mass is 32.2. The first-order chi connectivity index (χ1) is 9.67. The molecule has 0 unspecified atom stereocenters. The molecule has 2 aromatic heterocycles. The summed E-state index contributed by atoms with van der Waals surface area (Å²) in [6.45, 7) is 0. The number of hydrogen-bond donors (Lipinski definition) is 2. The fraction of sp³-hybridized carbons (Fsp3) is 0. The van der Waals surface area contributed by atoms with Gasteiger partial charge < -0.3 is 0 Å². The third-order valence-electron chi connectivity index (χ3n) is 2.60. The molecule has 0 aliphatic rings. The Morgan fingerprint density at radius 1 is 1.25 bits per heavy atom. The van der Waals surface area contributed by atoms with Crippen molar-refractivity contribution in [1.82, 2.24) is 25.0 Å². The van der Waals surface area contributed by atoms with Gasteiger partial charge in [-0.25, -0.2) is 18.1 Å². The summed E-state index contributed by atoms with van der Waals surface area (Å²) >= 11 is 0. The van der Waals surface area contributed by atoms with Crippen LogP contribution in [0.4, 0.5) is 5.69 Å². The van der Waals surface area contributed by atoms with Crippen molar-refractivity contribution in [3.05, 3.63) is 49.3 Å². The number of nitrogens with zero attached hydrogens (tertiary/aromatic N) is 4. The molecule has 0 spiro atoms. The molecule has 2 heterocycles. The zero-order valence-corrected chi connectivity index (χ0v) is 10.9. The predicted molar refractivity (Wildman–Crippen MR) is 70.8 cm³/mol. The lowest BCUT2D eigenvalue weighted by molar-refractivity contribution is 0.601. The molecule has 20 heavy (non-hydrogen) atoms. The lowest BCUT2D eigenvalue weighted by Crippen LogP contribution is -2.14. The summed E-state index contributed by atoms with van der Waals surface area (Å²) in [5.41, 5.74) is 0.983. The first-order valence-corrected chi connectivity index (χ1v) is 7.11. The number of rotatable bonds is 4. The Labute approximate surface area is 114 Å². The minimum absolute atomic E-state index is 0.0610. The fourth-order valence-corrected chi connectivity index (χ4v) is 2.66. The van der Waals surface area contributed by atoms with E-state index in [0.717, 1.165) is 0 Å². The molecule has 3 rings (SSSR count). The van der Waals surface area contributed by atoms with Gasteiger partial charge in [0.1, 0.15) is 17.6 Å². The van der Waals surface area contributed by atoms with Crippen molar-refractivity contribution in [1.29, 1.82) is 0 Å². The lowest BCUT2D eigenvalue weighted by atomic mass is 10.3. The second-order valence-electron chi connectivity index (χ2n) is 3.90. The molecule has 0 atom stereocenters. The van der Waals surface area contributed by atoms with E-state index in [9.17, 15) is 8.42 Å². The van der Waals surface area contributed by atoms with Crippen LogP contribution in [-0.4, -0.2) is 33.4 Å². The third kappa shape index (κ3) is 2.26. The van der Waals surface area contributed by atoms with Crippen LogP contribution in [0.5, 0.6) is 0 Å². The predicted octanol–water partition coefficient (Wildman–Crippen LogP) is 0.791. The van der Waals surface area contributed by atoms with E-state index in [2.05, 4.69) is 25.0 Å². The van der Waals surface area contributed by atoms with Crippen molar-refractivity contribution in [2.45, 2.75) is 4.90 Å². The fourth-order valence-electron chi connectivity index (χ4n) is 1.68. The SMILES string of the molecule is O=S(=O)(Nc1ccccc1-n1cncn1)c1cn[nH]c1. The number of nitrogens with one attached hydrogen (secondary N) is 2. The van der Waals surface area contributed by atoms with Crippen LogP contribution in [0, 0.1) is 0 Å². The molecule has 8 nitrogen and oxygen atoms in total. The largest absolute Gasteiger partial charge is 0.284 e. The maximum atomic E-state index is 12.2. The standard InChI is InChI=1S/C11H10N6O2S/c18-20(19,9-5-13-14-6-9)16-10-3-1-2-4-11(10)17-8-12-7-15-17/h1-8,16H,(H,13,14). The summed E-state index contributed by atoms with van der Waals surface area (Å²) in [5.74, 6) is 0. The average molecular weight is 290 g/mol. The topological polar surface area (TPSA) is 106 Å². The van der Waals surface area contributed by atoms with Gasteiger partial charge in [-0.2, -0.15) is 10.2 Å². The maximum absolute atomic E-state index is 12.2. The molecule has 0 fully saturated rings. The number of sulfonamides is 1. The molecule has 102 valence electrons. The quantitative estimate of drug-likeness (QED) is 0.739. The van der Waals surface area contributed by atoms with Crippen molar-refractivity contribution in [3.8, 4) is 5.69 Å². The molecular weight excluding hydrogens is 280 g/mol. The van der Waals surface area contributed by atoms with Gasteiger partial charge in [0.25, 0.3) is 10.0 Å². The Morgan fingerprint density at radius 2 is 2.10 bits per heavy atom. The molecular formula is C11H10N6O2S. The van der Waals surface area contributed by atoms with Crippen LogP contribution in [0.2, 0.25) is 0 Å². The Morgan fingerprint density at radius 3 is 2.80 bits per heavy atom. The molecule has 0 saturated carbocycles. The van der Waals surface area contributed by atoms with Crippen LogP contribution in [0.25, 0.3) is 5.69 Å². The number of hydrogen-bond acceptors (Lipinski definition) is 5. The van der Waals surface area contributed by atoms with E-state index < -0.39 is 10.0 Å². The maximum Gasteiger partial charge on any atom is 0.265 e. The van der Waals surface area contributed by atoms with Crippen LogP contribution in [0.15, 0.2) is 54.2 Å². The zero-order chi connectivity index (χ0) is 14.0.